The molecule has 0 radical (unpaired) electrons. The molecule has 0 atom stereocenters. The SMILES string of the molecule is Nc1oncc1Cc1ccc(F)cc1. The van der Waals surface area contributed by atoms with Crippen molar-refractivity contribution < 1.29 is 8.91 Å². The molecule has 0 unspecified atom stereocenters. The predicted octanol–water partition coefficient (Wildman–Crippen LogP) is 1.99. The summed E-state index contributed by atoms with van der Waals surface area (Å²) in [6.45, 7) is 0. The van der Waals surface area contributed by atoms with Gasteiger partial charge in [0.25, 0.3) is 0 Å². The first-order valence-electron chi connectivity index (χ1n) is 4.19. The second-order valence-corrected chi connectivity index (χ2v) is 3.02. The highest BCUT2D eigenvalue weighted by Gasteiger charge is 2.04. The van der Waals surface area contributed by atoms with E-state index in [0.717, 1.165) is 11.1 Å². The Kier molecular flexibility index (Phi) is 2.18. The molecule has 1 aromatic heterocycles. The Bertz CT molecular complexity index is 422. The molecule has 0 amide bonds. The van der Waals surface area contributed by atoms with Crippen molar-refractivity contribution in [2.24, 2.45) is 0 Å². The Balaban J connectivity index is 2.19. The smallest absolute Gasteiger partial charge is 0.225 e. The summed E-state index contributed by atoms with van der Waals surface area (Å²) in [5.41, 5.74) is 7.30. The molecule has 0 fully saturated rings. The van der Waals surface area contributed by atoms with Crippen molar-refractivity contribution in [3.05, 3.63) is 47.4 Å². The second-order valence-electron chi connectivity index (χ2n) is 3.02. The normalized spacial score (nSPS) is 10.4. The monoisotopic (exact) mass is 192 g/mol. The van der Waals surface area contributed by atoms with Crippen LogP contribution in [-0.2, 0) is 6.42 Å². The first-order chi connectivity index (χ1) is 6.75. The van der Waals surface area contributed by atoms with E-state index in [2.05, 4.69) is 5.16 Å². The van der Waals surface area contributed by atoms with Gasteiger partial charge in [0.1, 0.15) is 5.82 Å². The van der Waals surface area contributed by atoms with Crippen LogP contribution in [0.5, 0.6) is 0 Å². The predicted molar refractivity (Wildman–Crippen MR) is 50.1 cm³/mol. The van der Waals surface area contributed by atoms with Gasteiger partial charge in [-0.3, -0.25) is 0 Å². The minimum Gasteiger partial charge on any atom is -0.367 e. The average Bonchev–Trinajstić information content (AvgIpc) is 2.56. The number of hydrogen-bond acceptors (Lipinski definition) is 3. The first kappa shape index (κ1) is 8.74. The summed E-state index contributed by atoms with van der Waals surface area (Å²) >= 11 is 0. The molecule has 2 N–H and O–H groups in total. The van der Waals surface area contributed by atoms with Crippen molar-refractivity contribution in [1.82, 2.24) is 5.16 Å². The van der Waals surface area contributed by atoms with Crippen LogP contribution in [0.4, 0.5) is 10.3 Å². The quantitative estimate of drug-likeness (QED) is 0.791. The third-order valence-electron chi connectivity index (χ3n) is 1.98. The largest absolute Gasteiger partial charge is 0.367 e. The van der Waals surface area contributed by atoms with Gasteiger partial charge in [0, 0.05) is 12.0 Å². The van der Waals surface area contributed by atoms with Crippen LogP contribution < -0.4 is 5.73 Å². The van der Waals surface area contributed by atoms with Crippen LogP contribution in [0.1, 0.15) is 11.1 Å². The maximum atomic E-state index is 12.6. The van der Waals surface area contributed by atoms with Gasteiger partial charge in [-0.25, -0.2) is 4.39 Å². The molecular weight excluding hydrogens is 183 g/mol. The minimum atomic E-state index is -0.243. The van der Waals surface area contributed by atoms with Crippen molar-refractivity contribution in [2.45, 2.75) is 6.42 Å². The summed E-state index contributed by atoms with van der Waals surface area (Å²) < 4.78 is 17.3. The van der Waals surface area contributed by atoms with E-state index in [1.165, 1.54) is 12.1 Å². The van der Waals surface area contributed by atoms with Crippen molar-refractivity contribution in [3.63, 3.8) is 0 Å². The minimum absolute atomic E-state index is 0.243. The van der Waals surface area contributed by atoms with Crippen LogP contribution in [0, 0.1) is 5.82 Å². The Morgan fingerprint density at radius 1 is 1.29 bits per heavy atom. The number of nitrogens with zero attached hydrogens (tertiary/aromatic N) is 1. The molecule has 0 aliphatic heterocycles. The number of aromatic nitrogens is 1. The lowest BCUT2D eigenvalue weighted by Crippen LogP contribution is -1.91. The van der Waals surface area contributed by atoms with E-state index >= 15 is 0 Å². The van der Waals surface area contributed by atoms with E-state index in [1.807, 2.05) is 0 Å². The van der Waals surface area contributed by atoms with E-state index in [0.29, 0.717) is 12.3 Å². The fourth-order valence-corrected chi connectivity index (χ4v) is 1.22. The van der Waals surface area contributed by atoms with Gasteiger partial charge >= 0.3 is 0 Å². The van der Waals surface area contributed by atoms with E-state index in [4.69, 9.17) is 10.3 Å². The maximum absolute atomic E-state index is 12.6. The Hall–Kier alpha value is -1.84. The lowest BCUT2D eigenvalue weighted by Gasteiger charge is -1.98. The number of nitrogens with two attached hydrogens (primary N) is 1. The van der Waals surface area contributed by atoms with Crippen molar-refractivity contribution in [2.75, 3.05) is 5.73 Å². The van der Waals surface area contributed by atoms with Gasteiger partial charge < -0.3 is 10.3 Å². The molecule has 0 aliphatic rings. The van der Waals surface area contributed by atoms with Crippen molar-refractivity contribution in [1.29, 1.82) is 0 Å². The van der Waals surface area contributed by atoms with Crippen molar-refractivity contribution in [3.8, 4) is 0 Å². The maximum Gasteiger partial charge on any atom is 0.225 e. The third-order valence-corrected chi connectivity index (χ3v) is 1.98. The van der Waals surface area contributed by atoms with Crippen molar-refractivity contribution >= 4 is 5.88 Å². The Morgan fingerprint density at radius 2 is 2.00 bits per heavy atom. The molecule has 1 aromatic carbocycles. The number of nitrogen functional groups attached to an aromatic ring is 1. The van der Waals surface area contributed by atoms with Crippen LogP contribution in [0.15, 0.2) is 35.0 Å². The fourth-order valence-electron chi connectivity index (χ4n) is 1.22. The lowest BCUT2D eigenvalue weighted by atomic mass is 10.1. The molecular formula is C10H9FN2O. The van der Waals surface area contributed by atoms with Gasteiger partial charge in [-0.1, -0.05) is 17.3 Å². The topological polar surface area (TPSA) is 52.0 Å². The third kappa shape index (κ3) is 1.74. The van der Waals surface area contributed by atoms with E-state index in [-0.39, 0.29) is 5.82 Å². The van der Waals surface area contributed by atoms with Crippen LogP contribution in [0.3, 0.4) is 0 Å². The molecule has 2 aromatic rings. The van der Waals surface area contributed by atoms with Crippen LogP contribution in [0.2, 0.25) is 0 Å². The van der Waals surface area contributed by atoms with Gasteiger partial charge in [0.05, 0.1) is 6.20 Å². The molecule has 0 spiro atoms. The highest BCUT2D eigenvalue weighted by molar-refractivity contribution is 5.37. The number of anilines is 1. The first-order valence-corrected chi connectivity index (χ1v) is 4.19. The standard InChI is InChI=1S/C10H9FN2O/c11-9-3-1-7(2-4-9)5-8-6-13-14-10(8)12/h1-4,6H,5,12H2. The Morgan fingerprint density at radius 3 is 2.57 bits per heavy atom. The van der Waals surface area contributed by atoms with Crippen LogP contribution in [0.25, 0.3) is 0 Å². The average molecular weight is 192 g/mol. The number of rotatable bonds is 2. The van der Waals surface area contributed by atoms with Gasteiger partial charge in [0.2, 0.25) is 5.88 Å². The van der Waals surface area contributed by atoms with Crippen LogP contribution >= 0.6 is 0 Å². The summed E-state index contributed by atoms with van der Waals surface area (Å²) in [5, 5.41) is 3.56. The highest BCUT2D eigenvalue weighted by Crippen LogP contribution is 2.15. The summed E-state index contributed by atoms with van der Waals surface area (Å²) in [7, 11) is 0. The Labute approximate surface area is 80.3 Å². The lowest BCUT2D eigenvalue weighted by molar-refractivity contribution is 0.436. The van der Waals surface area contributed by atoms with E-state index in [9.17, 15) is 4.39 Å². The van der Waals surface area contributed by atoms with E-state index in [1.54, 1.807) is 18.3 Å². The van der Waals surface area contributed by atoms with Gasteiger partial charge in [-0.2, -0.15) is 0 Å². The van der Waals surface area contributed by atoms with E-state index < -0.39 is 0 Å². The van der Waals surface area contributed by atoms with Gasteiger partial charge in [0.15, 0.2) is 0 Å². The second kappa shape index (κ2) is 3.49. The summed E-state index contributed by atoms with van der Waals surface area (Å²) in [4.78, 5) is 0. The molecule has 0 bridgehead atoms. The molecule has 72 valence electrons. The molecule has 3 nitrogen and oxygen atoms in total. The van der Waals surface area contributed by atoms with Crippen LogP contribution in [-0.4, -0.2) is 5.16 Å². The number of benzene rings is 1. The molecule has 4 heteroatoms. The molecule has 2 rings (SSSR count). The highest BCUT2D eigenvalue weighted by atomic mass is 19.1. The molecule has 14 heavy (non-hydrogen) atoms. The molecule has 0 saturated carbocycles. The molecule has 1 heterocycles. The zero-order chi connectivity index (χ0) is 9.97. The summed E-state index contributed by atoms with van der Waals surface area (Å²) in [6, 6.07) is 6.25. The summed E-state index contributed by atoms with van der Waals surface area (Å²) in [6.07, 6.45) is 2.17. The fraction of sp³-hybridized carbons (Fsp3) is 0.100. The zero-order valence-corrected chi connectivity index (χ0v) is 7.40. The molecule has 0 aliphatic carbocycles. The number of halogens is 1. The zero-order valence-electron chi connectivity index (χ0n) is 7.40. The van der Waals surface area contributed by atoms with Gasteiger partial charge in [-0.05, 0) is 17.7 Å². The number of hydrogen-bond donors (Lipinski definition) is 1. The molecule has 0 saturated heterocycles. The summed E-state index contributed by atoms with van der Waals surface area (Å²) in [5.74, 6) is 0.0707. The van der Waals surface area contributed by atoms with Gasteiger partial charge in [-0.15, -0.1) is 0 Å².